The Morgan fingerprint density at radius 2 is 1.79 bits per heavy atom. The van der Waals surface area contributed by atoms with Gasteiger partial charge in [-0.2, -0.15) is 0 Å². The molecule has 0 aliphatic heterocycles. The molecular formula is C27H44O6. The van der Waals surface area contributed by atoms with Crippen LogP contribution in [0.15, 0.2) is 0 Å². The van der Waals surface area contributed by atoms with E-state index >= 15 is 0 Å². The first-order valence-electron chi connectivity index (χ1n) is 13.1. The topological polar surface area (TPSA) is 93.1 Å². The van der Waals surface area contributed by atoms with E-state index < -0.39 is 6.10 Å². The van der Waals surface area contributed by atoms with Crippen LogP contribution >= 0.6 is 0 Å². The maximum absolute atomic E-state index is 11.7. The van der Waals surface area contributed by atoms with E-state index in [-0.39, 0.29) is 40.9 Å². The quantitative estimate of drug-likeness (QED) is 0.595. The summed E-state index contributed by atoms with van der Waals surface area (Å²) in [6, 6.07) is 0. The minimum Gasteiger partial charge on any atom is -0.469 e. The Kier molecular flexibility index (Phi) is 6.92. The van der Waals surface area contributed by atoms with Gasteiger partial charge < -0.3 is 19.7 Å². The molecule has 33 heavy (non-hydrogen) atoms. The summed E-state index contributed by atoms with van der Waals surface area (Å²) < 4.78 is 10.4. The molecule has 0 saturated heterocycles. The van der Waals surface area contributed by atoms with Crippen LogP contribution in [0.4, 0.5) is 0 Å². The van der Waals surface area contributed by atoms with Crippen LogP contribution in [-0.2, 0) is 19.1 Å². The summed E-state index contributed by atoms with van der Waals surface area (Å²) >= 11 is 0. The van der Waals surface area contributed by atoms with Gasteiger partial charge in [0.2, 0.25) is 0 Å². The SMILES string of the molecule is COC(=O)CCC(C)C1CCC2C3C(O)CC4CC(OC(C)=O)CCC4(C)C3CC(O)C12C. The van der Waals surface area contributed by atoms with E-state index in [1.807, 2.05) is 0 Å². The lowest BCUT2D eigenvalue weighted by molar-refractivity contribution is -0.209. The molecule has 6 nitrogen and oxygen atoms in total. The molecule has 0 spiro atoms. The maximum atomic E-state index is 11.7. The largest absolute Gasteiger partial charge is 0.469 e. The summed E-state index contributed by atoms with van der Waals surface area (Å²) in [5.41, 5.74) is -0.159. The monoisotopic (exact) mass is 464 g/mol. The van der Waals surface area contributed by atoms with E-state index in [1.54, 1.807) is 0 Å². The second kappa shape index (κ2) is 9.14. The molecule has 0 aromatic carbocycles. The molecule has 2 N–H and O–H groups in total. The van der Waals surface area contributed by atoms with Crippen LogP contribution in [0.25, 0.3) is 0 Å². The first kappa shape index (κ1) is 25.0. The number of aliphatic hydroxyl groups excluding tert-OH is 2. The van der Waals surface area contributed by atoms with E-state index in [1.165, 1.54) is 14.0 Å². The highest BCUT2D eigenvalue weighted by Crippen LogP contribution is 2.68. The van der Waals surface area contributed by atoms with Gasteiger partial charge in [0.05, 0.1) is 19.3 Å². The smallest absolute Gasteiger partial charge is 0.305 e. The second-order valence-electron chi connectivity index (χ2n) is 12.2. The molecule has 11 unspecified atom stereocenters. The van der Waals surface area contributed by atoms with Crippen molar-refractivity contribution < 1.29 is 29.3 Å². The van der Waals surface area contributed by atoms with Crippen molar-refractivity contribution in [2.45, 2.75) is 104 Å². The van der Waals surface area contributed by atoms with Gasteiger partial charge in [0, 0.05) is 13.3 Å². The third-order valence-electron chi connectivity index (χ3n) is 10.9. The lowest BCUT2D eigenvalue weighted by Crippen LogP contribution is -2.62. The Balaban J connectivity index is 1.54. The van der Waals surface area contributed by atoms with E-state index in [0.717, 1.165) is 51.4 Å². The van der Waals surface area contributed by atoms with Crippen molar-refractivity contribution in [1.82, 2.24) is 0 Å². The van der Waals surface area contributed by atoms with Crippen molar-refractivity contribution in [3.63, 3.8) is 0 Å². The van der Waals surface area contributed by atoms with Crippen LogP contribution in [0.3, 0.4) is 0 Å². The highest BCUT2D eigenvalue weighted by Gasteiger charge is 2.65. The zero-order valence-corrected chi connectivity index (χ0v) is 21.1. The molecule has 0 heterocycles. The molecule has 6 heteroatoms. The third kappa shape index (κ3) is 4.13. The van der Waals surface area contributed by atoms with Crippen molar-refractivity contribution in [3.8, 4) is 0 Å². The number of rotatable bonds is 5. The number of fused-ring (bicyclic) bond motifs is 5. The molecule has 11 atom stereocenters. The fraction of sp³-hybridized carbons (Fsp3) is 0.926. The molecule has 0 bridgehead atoms. The predicted octanol–water partition coefficient (Wildman–Crippen LogP) is 4.11. The number of carbonyl (C=O) groups excluding carboxylic acids is 2. The average Bonchev–Trinajstić information content (AvgIpc) is 3.11. The molecule has 4 aliphatic rings. The van der Waals surface area contributed by atoms with E-state index in [0.29, 0.717) is 36.0 Å². The maximum Gasteiger partial charge on any atom is 0.305 e. The van der Waals surface area contributed by atoms with Gasteiger partial charge in [0.25, 0.3) is 0 Å². The van der Waals surface area contributed by atoms with Crippen LogP contribution < -0.4 is 0 Å². The molecular weight excluding hydrogens is 420 g/mol. The molecule has 0 amide bonds. The van der Waals surface area contributed by atoms with E-state index in [4.69, 9.17) is 9.47 Å². The first-order valence-corrected chi connectivity index (χ1v) is 13.1. The van der Waals surface area contributed by atoms with E-state index in [2.05, 4.69) is 20.8 Å². The standard InChI is InChI=1S/C27H44O6/c1-15(6-9-24(31)32-5)19-7-8-20-25-21(14-23(30)27(19,20)4)26(3)11-10-18(33-16(2)28)12-17(26)13-22(25)29/h15,17-23,25,29-30H,6-14H2,1-5H3. The highest BCUT2D eigenvalue weighted by molar-refractivity contribution is 5.69. The predicted molar refractivity (Wildman–Crippen MR) is 124 cm³/mol. The minimum absolute atomic E-state index is 0.0466. The minimum atomic E-state index is -0.397. The zero-order chi connectivity index (χ0) is 24.1. The third-order valence-corrected chi connectivity index (χ3v) is 10.9. The molecule has 4 aliphatic carbocycles. The Morgan fingerprint density at radius 1 is 1.06 bits per heavy atom. The summed E-state index contributed by atoms with van der Waals surface area (Å²) in [6.07, 6.45) is 6.65. The number of methoxy groups -OCH3 is 1. The van der Waals surface area contributed by atoms with Gasteiger partial charge in [-0.15, -0.1) is 0 Å². The average molecular weight is 465 g/mol. The molecule has 0 aromatic heterocycles. The van der Waals surface area contributed by atoms with Crippen molar-refractivity contribution in [2.75, 3.05) is 7.11 Å². The van der Waals surface area contributed by atoms with Crippen molar-refractivity contribution >= 4 is 11.9 Å². The van der Waals surface area contributed by atoms with Crippen LogP contribution in [0.2, 0.25) is 0 Å². The summed E-state index contributed by atoms with van der Waals surface area (Å²) in [5.74, 6) is 1.41. The van der Waals surface area contributed by atoms with Gasteiger partial charge in [0.15, 0.2) is 0 Å². The van der Waals surface area contributed by atoms with Gasteiger partial charge in [-0.05, 0) is 97.7 Å². The molecule has 188 valence electrons. The van der Waals surface area contributed by atoms with Crippen molar-refractivity contribution in [1.29, 1.82) is 0 Å². The summed E-state index contributed by atoms with van der Waals surface area (Å²) in [7, 11) is 1.43. The summed E-state index contributed by atoms with van der Waals surface area (Å²) in [4.78, 5) is 23.2. The number of esters is 2. The van der Waals surface area contributed by atoms with Crippen LogP contribution in [0.1, 0.15) is 85.5 Å². The van der Waals surface area contributed by atoms with Gasteiger partial charge in [0.1, 0.15) is 6.10 Å². The lowest BCUT2D eigenvalue weighted by Gasteiger charge is -2.63. The highest BCUT2D eigenvalue weighted by atomic mass is 16.5. The normalized spacial score (nSPS) is 47.6. The van der Waals surface area contributed by atoms with Crippen molar-refractivity contribution in [2.24, 2.45) is 46.3 Å². The number of carbonyl (C=O) groups is 2. The summed E-state index contributed by atoms with van der Waals surface area (Å²) in [6.45, 7) is 8.31. The van der Waals surface area contributed by atoms with E-state index in [9.17, 15) is 19.8 Å². The lowest BCUT2D eigenvalue weighted by atomic mass is 9.43. The van der Waals surface area contributed by atoms with Gasteiger partial charge >= 0.3 is 11.9 Å². The number of aliphatic hydroxyl groups is 2. The molecule has 0 aromatic rings. The van der Waals surface area contributed by atoms with Crippen LogP contribution in [-0.4, -0.2) is 47.6 Å². The fourth-order valence-electron chi connectivity index (χ4n) is 9.11. The Bertz CT molecular complexity index is 753. The van der Waals surface area contributed by atoms with Gasteiger partial charge in [-0.3, -0.25) is 9.59 Å². The van der Waals surface area contributed by atoms with Crippen molar-refractivity contribution in [3.05, 3.63) is 0 Å². The first-order chi connectivity index (χ1) is 15.5. The zero-order valence-electron chi connectivity index (χ0n) is 21.1. The second-order valence-corrected chi connectivity index (χ2v) is 12.2. The fourth-order valence-corrected chi connectivity index (χ4v) is 9.11. The van der Waals surface area contributed by atoms with Gasteiger partial charge in [-0.25, -0.2) is 0 Å². The molecule has 4 rings (SSSR count). The number of hydrogen-bond acceptors (Lipinski definition) is 6. The Morgan fingerprint density at radius 3 is 2.45 bits per heavy atom. The van der Waals surface area contributed by atoms with Crippen LogP contribution in [0.5, 0.6) is 0 Å². The Labute approximate surface area is 198 Å². The number of ether oxygens (including phenoxy) is 2. The van der Waals surface area contributed by atoms with Crippen LogP contribution in [0, 0.1) is 46.3 Å². The molecule has 0 radical (unpaired) electrons. The Hall–Kier alpha value is -1.14. The van der Waals surface area contributed by atoms with Gasteiger partial charge in [-0.1, -0.05) is 20.8 Å². The molecule has 4 saturated carbocycles. The number of hydrogen-bond donors (Lipinski definition) is 2. The molecule has 4 fully saturated rings. The summed E-state index contributed by atoms with van der Waals surface area (Å²) in [5, 5.41) is 23.1.